The van der Waals surface area contributed by atoms with Crippen molar-refractivity contribution in [1.29, 1.82) is 0 Å². The van der Waals surface area contributed by atoms with E-state index in [0.717, 1.165) is 12.3 Å². The minimum Gasteiger partial charge on any atom is -0.480 e. The Morgan fingerprint density at radius 1 is 1.44 bits per heavy atom. The minimum atomic E-state index is -1.39. The number of aliphatic carboxylic acids is 1. The molecule has 1 aromatic rings. The summed E-state index contributed by atoms with van der Waals surface area (Å²) < 4.78 is 4.43. The highest BCUT2D eigenvalue weighted by Gasteiger charge is 2.19. The standard InChI is InChI=1S/C9H9NO6/c11-3-6(9(14)15)10-8(13)5-1-2-7(12)16-4-5/h1-2,4,6,11H,3H2,(H,10,13)(H,14,15)/t6-/m1/s1. The molecule has 7 heteroatoms. The number of rotatable bonds is 4. The summed E-state index contributed by atoms with van der Waals surface area (Å²) in [6, 6.07) is 0.834. The second kappa shape index (κ2) is 5.08. The summed E-state index contributed by atoms with van der Waals surface area (Å²) in [5, 5.41) is 19.3. The Hall–Kier alpha value is -2.15. The van der Waals surface area contributed by atoms with Gasteiger partial charge >= 0.3 is 11.6 Å². The van der Waals surface area contributed by atoms with E-state index in [1.165, 1.54) is 6.07 Å². The second-order valence-electron chi connectivity index (χ2n) is 2.89. The van der Waals surface area contributed by atoms with Crippen molar-refractivity contribution in [2.75, 3.05) is 6.61 Å². The molecule has 0 saturated carbocycles. The van der Waals surface area contributed by atoms with Crippen LogP contribution in [-0.4, -0.2) is 34.7 Å². The Balaban J connectivity index is 2.75. The van der Waals surface area contributed by atoms with Crippen molar-refractivity contribution in [3.05, 3.63) is 34.4 Å². The van der Waals surface area contributed by atoms with Crippen molar-refractivity contribution in [1.82, 2.24) is 5.32 Å². The maximum atomic E-state index is 11.4. The van der Waals surface area contributed by atoms with E-state index in [1.54, 1.807) is 0 Å². The SMILES string of the molecule is O=C(N[C@H](CO)C(=O)O)c1ccc(=O)oc1. The number of carboxylic acids is 1. The summed E-state index contributed by atoms with van der Waals surface area (Å²) in [4.78, 5) is 32.5. The number of carbonyl (C=O) groups is 2. The zero-order valence-electron chi connectivity index (χ0n) is 8.04. The molecule has 86 valence electrons. The molecule has 0 saturated heterocycles. The molecule has 0 unspecified atom stereocenters. The molecule has 1 atom stereocenters. The lowest BCUT2D eigenvalue weighted by Gasteiger charge is -2.10. The molecule has 3 N–H and O–H groups in total. The number of hydrogen-bond acceptors (Lipinski definition) is 5. The Kier molecular flexibility index (Phi) is 3.78. The van der Waals surface area contributed by atoms with Gasteiger partial charge in [-0.15, -0.1) is 0 Å². The Morgan fingerprint density at radius 2 is 2.12 bits per heavy atom. The molecule has 0 bridgehead atoms. The van der Waals surface area contributed by atoms with Gasteiger partial charge < -0.3 is 19.9 Å². The fourth-order valence-electron chi connectivity index (χ4n) is 0.914. The second-order valence-corrected chi connectivity index (χ2v) is 2.89. The van der Waals surface area contributed by atoms with Gasteiger partial charge in [-0.05, 0) is 6.07 Å². The molecule has 0 fully saturated rings. The van der Waals surface area contributed by atoms with Gasteiger partial charge in [-0.1, -0.05) is 0 Å². The van der Waals surface area contributed by atoms with Crippen LogP contribution in [0.1, 0.15) is 10.4 Å². The fraction of sp³-hybridized carbons (Fsp3) is 0.222. The van der Waals surface area contributed by atoms with Crippen molar-refractivity contribution in [2.45, 2.75) is 6.04 Å². The first-order valence-corrected chi connectivity index (χ1v) is 4.28. The van der Waals surface area contributed by atoms with Crippen LogP contribution in [0.15, 0.2) is 27.6 Å². The molecule has 1 rings (SSSR count). The quantitative estimate of drug-likeness (QED) is 0.595. The average molecular weight is 227 g/mol. The molecule has 0 spiro atoms. The van der Waals surface area contributed by atoms with E-state index in [1.807, 2.05) is 0 Å². The molecule has 0 aromatic carbocycles. The van der Waals surface area contributed by atoms with Crippen molar-refractivity contribution < 1.29 is 24.2 Å². The molecule has 7 nitrogen and oxygen atoms in total. The van der Waals surface area contributed by atoms with Gasteiger partial charge in [-0.2, -0.15) is 0 Å². The normalized spacial score (nSPS) is 11.8. The van der Waals surface area contributed by atoms with Crippen LogP contribution in [0.25, 0.3) is 0 Å². The first kappa shape index (κ1) is 11.9. The van der Waals surface area contributed by atoms with E-state index < -0.39 is 30.2 Å². The summed E-state index contributed by atoms with van der Waals surface area (Å²) in [6.07, 6.45) is 0.911. The van der Waals surface area contributed by atoms with Gasteiger partial charge in [-0.3, -0.25) is 4.79 Å². The maximum Gasteiger partial charge on any atom is 0.335 e. The molecule has 0 aliphatic carbocycles. The monoisotopic (exact) mass is 227 g/mol. The van der Waals surface area contributed by atoms with E-state index in [9.17, 15) is 14.4 Å². The van der Waals surface area contributed by atoms with E-state index in [-0.39, 0.29) is 5.56 Å². The summed E-state index contributed by atoms with van der Waals surface area (Å²) in [6.45, 7) is -0.724. The van der Waals surface area contributed by atoms with Crippen LogP contribution in [0.2, 0.25) is 0 Å². The highest BCUT2D eigenvalue weighted by Crippen LogP contribution is 1.96. The summed E-state index contributed by atoms with van der Waals surface area (Å²) in [5.41, 5.74) is -0.618. The number of hydrogen-bond donors (Lipinski definition) is 3. The van der Waals surface area contributed by atoms with E-state index in [2.05, 4.69) is 9.73 Å². The fourth-order valence-corrected chi connectivity index (χ4v) is 0.914. The van der Waals surface area contributed by atoms with Crippen molar-refractivity contribution in [2.24, 2.45) is 0 Å². The molecular weight excluding hydrogens is 218 g/mol. The van der Waals surface area contributed by atoms with Gasteiger partial charge in [0.05, 0.1) is 12.2 Å². The van der Waals surface area contributed by atoms with Crippen LogP contribution in [0.3, 0.4) is 0 Å². The predicted octanol–water partition coefficient (Wildman–Crippen LogP) is -1.18. The van der Waals surface area contributed by atoms with Gasteiger partial charge in [0.2, 0.25) is 0 Å². The van der Waals surface area contributed by atoms with Gasteiger partial charge in [-0.25, -0.2) is 9.59 Å². The molecule has 1 heterocycles. The van der Waals surface area contributed by atoms with Gasteiger partial charge in [0.1, 0.15) is 6.26 Å². The largest absolute Gasteiger partial charge is 0.480 e. The number of carboxylic acid groups (broad SMARTS) is 1. The van der Waals surface area contributed by atoms with Crippen LogP contribution in [-0.2, 0) is 4.79 Å². The van der Waals surface area contributed by atoms with Gasteiger partial charge in [0.25, 0.3) is 5.91 Å². The van der Waals surface area contributed by atoms with E-state index in [0.29, 0.717) is 0 Å². The van der Waals surface area contributed by atoms with Crippen LogP contribution in [0.5, 0.6) is 0 Å². The lowest BCUT2D eigenvalue weighted by molar-refractivity contribution is -0.140. The van der Waals surface area contributed by atoms with Crippen LogP contribution >= 0.6 is 0 Å². The third kappa shape index (κ3) is 2.92. The topological polar surface area (TPSA) is 117 Å². The maximum absolute atomic E-state index is 11.4. The number of aliphatic hydroxyl groups is 1. The highest BCUT2D eigenvalue weighted by molar-refractivity contribution is 5.96. The van der Waals surface area contributed by atoms with Crippen molar-refractivity contribution in [3.63, 3.8) is 0 Å². The predicted molar refractivity (Wildman–Crippen MR) is 51.0 cm³/mol. The smallest absolute Gasteiger partial charge is 0.335 e. The lowest BCUT2D eigenvalue weighted by Crippen LogP contribution is -2.43. The zero-order chi connectivity index (χ0) is 12.1. The summed E-state index contributed by atoms with van der Waals surface area (Å²) in [5.74, 6) is -2.10. The molecule has 16 heavy (non-hydrogen) atoms. The first-order chi connectivity index (χ1) is 7.54. The third-order valence-corrected chi connectivity index (χ3v) is 1.75. The molecular formula is C9H9NO6. The lowest BCUT2D eigenvalue weighted by atomic mass is 10.2. The Bertz CT molecular complexity index is 431. The zero-order valence-corrected chi connectivity index (χ0v) is 8.04. The first-order valence-electron chi connectivity index (χ1n) is 4.28. The van der Waals surface area contributed by atoms with Crippen molar-refractivity contribution in [3.8, 4) is 0 Å². The van der Waals surface area contributed by atoms with Crippen LogP contribution < -0.4 is 10.9 Å². The summed E-state index contributed by atoms with van der Waals surface area (Å²) in [7, 11) is 0. The van der Waals surface area contributed by atoms with E-state index >= 15 is 0 Å². The number of amides is 1. The molecule has 0 radical (unpaired) electrons. The van der Waals surface area contributed by atoms with E-state index in [4.69, 9.17) is 10.2 Å². The van der Waals surface area contributed by atoms with Gasteiger partial charge in [0, 0.05) is 6.07 Å². The van der Waals surface area contributed by atoms with Gasteiger partial charge in [0.15, 0.2) is 6.04 Å². The molecule has 1 amide bonds. The Labute approximate surface area is 89.3 Å². The summed E-state index contributed by atoms with van der Waals surface area (Å²) >= 11 is 0. The average Bonchev–Trinajstić information content (AvgIpc) is 2.26. The highest BCUT2D eigenvalue weighted by atomic mass is 16.4. The molecule has 0 aliphatic rings. The number of aliphatic hydroxyl groups excluding tert-OH is 1. The Morgan fingerprint density at radius 3 is 2.56 bits per heavy atom. The van der Waals surface area contributed by atoms with Crippen LogP contribution in [0.4, 0.5) is 0 Å². The number of nitrogens with one attached hydrogen (secondary N) is 1. The molecule has 1 aromatic heterocycles. The number of carbonyl (C=O) groups excluding carboxylic acids is 1. The van der Waals surface area contributed by atoms with Crippen molar-refractivity contribution >= 4 is 11.9 Å². The minimum absolute atomic E-state index is 0.000648. The third-order valence-electron chi connectivity index (χ3n) is 1.75. The van der Waals surface area contributed by atoms with Crippen LogP contribution in [0, 0.1) is 0 Å². The molecule has 0 aliphatic heterocycles.